The van der Waals surface area contributed by atoms with Crippen molar-refractivity contribution in [3.63, 3.8) is 0 Å². The van der Waals surface area contributed by atoms with Crippen molar-refractivity contribution in [2.75, 3.05) is 0 Å². The topological polar surface area (TPSA) is 14.2 Å². The first-order valence-electron chi connectivity index (χ1n) is 15.4. The third-order valence-electron chi connectivity index (χ3n) is 9.33. The van der Waals surface area contributed by atoms with Gasteiger partial charge in [0.1, 0.15) is 11.5 Å². The van der Waals surface area contributed by atoms with Crippen LogP contribution in [0.3, 0.4) is 0 Å². The van der Waals surface area contributed by atoms with Gasteiger partial charge in [-0.25, -0.2) is 0 Å². The van der Waals surface area contributed by atoms with Crippen LogP contribution < -0.4 is 25.5 Å². The van der Waals surface area contributed by atoms with E-state index < -0.39 is 8.07 Å². The van der Waals surface area contributed by atoms with Crippen LogP contribution in [0.25, 0.3) is 38.6 Å². The molecule has 0 bridgehead atoms. The third-order valence-corrected chi connectivity index (χ3v) is 14.1. The Morgan fingerprint density at radius 1 is 0.444 bits per heavy atom. The van der Waals surface area contributed by atoms with Crippen molar-refractivity contribution in [2.45, 2.75) is 0 Å². The van der Waals surface area contributed by atoms with E-state index in [0.29, 0.717) is 0 Å². The Morgan fingerprint density at radius 2 is 1.02 bits per heavy atom. The van der Waals surface area contributed by atoms with Gasteiger partial charge in [-0.05, 0) is 68.3 Å². The maximum absolute atomic E-state index is 7.11. The first kappa shape index (κ1) is 25.8. The lowest BCUT2D eigenvalue weighted by Gasteiger charge is -2.39. The van der Waals surface area contributed by atoms with Crippen LogP contribution in [0.1, 0.15) is 0 Å². The standard InChI is InChI=1S/C42H29NOSi/c1-5-15-30(16-6-1)31-25-26-36-35(29-31)41-37(43(36)32-17-7-2-8-18-32)27-28-40-42(41)44-38-23-13-14-24-39(38)45(40,33-19-9-3-10-20-33)34-21-11-4-12-22-34/h1-29H. The summed E-state index contributed by atoms with van der Waals surface area (Å²) < 4.78 is 9.50. The molecule has 0 fully saturated rings. The SMILES string of the molecule is c1ccc(-c2ccc3c(c2)c2c4c(ccc2n3-c2ccccc2)[Si](c2ccccc2)(c2ccccc2)c2ccccc2O4)cc1. The van der Waals surface area contributed by atoms with E-state index >= 15 is 0 Å². The lowest BCUT2D eigenvalue weighted by Crippen LogP contribution is -2.76. The van der Waals surface area contributed by atoms with Gasteiger partial charge >= 0.3 is 0 Å². The molecule has 1 aliphatic heterocycles. The number of aromatic nitrogens is 1. The summed E-state index contributed by atoms with van der Waals surface area (Å²) in [5, 5.41) is 7.61. The van der Waals surface area contributed by atoms with E-state index in [1.807, 2.05) is 0 Å². The van der Waals surface area contributed by atoms with Crippen molar-refractivity contribution in [3.05, 3.63) is 176 Å². The molecule has 212 valence electrons. The molecule has 0 saturated heterocycles. The van der Waals surface area contributed by atoms with Crippen LogP contribution in [0, 0.1) is 0 Å². The van der Waals surface area contributed by atoms with E-state index in [1.165, 1.54) is 42.8 Å². The minimum Gasteiger partial charge on any atom is -0.457 e. The molecule has 0 saturated carbocycles. The Morgan fingerprint density at radius 3 is 1.71 bits per heavy atom. The van der Waals surface area contributed by atoms with Gasteiger partial charge in [0.25, 0.3) is 0 Å². The van der Waals surface area contributed by atoms with Crippen molar-refractivity contribution in [1.82, 2.24) is 4.57 Å². The fraction of sp³-hybridized carbons (Fsp3) is 0. The van der Waals surface area contributed by atoms with Gasteiger partial charge in [-0.2, -0.15) is 0 Å². The van der Waals surface area contributed by atoms with Gasteiger partial charge in [0.05, 0.1) is 16.4 Å². The molecule has 8 aromatic rings. The van der Waals surface area contributed by atoms with Gasteiger partial charge in [-0.3, -0.25) is 0 Å². The molecule has 0 aliphatic carbocycles. The molecule has 1 aromatic heterocycles. The Hall–Kier alpha value is -5.64. The lowest BCUT2D eigenvalue weighted by molar-refractivity contribution is 0.493. The zero-order valence-electron chi connectivity index (χ0n) is 24.6. The Bertz CT molecular complexity index is 2290. The van der Waals surface area contributed by atoms with E-state index in [4.69, 9.17) is 4.74 Å². The highest BCUT2D eigenvalue weighted by molar-refractivity contribution is 7.20. The summed E-state index contributed by atoms with van der Waals surface area (Å²) >= 11 is 0. The predicted molar refractivity (Wildman–Crippen MR) is 190 cm³/mol. The summed E-state index contributed by atoms with van der Waals surface area (Å²) in [6.45, 7) is 0. The molecule has 7 aromatic carbocycles. The van der Waals surface area contributed by atoms with Crippen LogP contribution >= 0.6 is 0 Å². The number of fused-ring (bicyclic) bond motifs is 6. The van der Waals surface area contributed by atoms with Crippen molar-refractivity contribution >= 4 is 50.6 Å². The van der Waals surface area contributed by atoms with E-state index in [2.05, 4.69) is 180 Å². The largest absolute Gasteiger partial charge is 0.457 e. The zero-order chi connectivity index (χ0) is 29.8. The number of hydrogen-bond donors (Lipinski definition) is 0. The van der Waals surface area contributed by atoms with Crippen LogP contribution in [-0.2, 0) is 0 Å². The van der Waals surface area contributed by atoms with E-state index in [0.717, 1.165) is 28.1 Å². The highest BCUT2D eigenvalue weighted by Crippen LogP contribution is 2.42. The number of para-hydroxylation sites is 2. The summed E-state index contributed by atoms with van der Waals surface area (Å²) in [4.78, 5) is 0. The van der Waals surface area contributed by atoms with E-state index in [9.17, 15) is 0 Å². The van der Waals surface area contributed by atoms with Crippen molar-refractivity contribution < 1.29 is 4.74 Å². The van der Waals surface area contributed by atoms with Gasteiger partial charge in [0.2, 0.25) is 0 Å². The van der Waals surface area contributed by atoms with Gasteiger partial charge in [0, 0.05) is 11.1 Å². The Labute approximate surface area is 263 Å². The maximum Gasteiger partial charge on any atom is 0.188 e. The summed E-state index contributed by atoms with van der Waals surface area (Å²) in [6.07, 6.45) is 0. The quantitative estimate of drug-likeness (QED) is 0.190. The first-order valence-corrected chi connectivity index (χ1v) is 17.4. The van der Waals surface area contributed by atoms with Crippen LogP contribution in [0.2, 0.25) is 0 Å². The minimum atomic E-state index is -2.76. The summed E-state index contributed by atoms with van der Waals surface area (Å²) in [6, 6.07) is 63.8. The smallest absolute Gasteiger partial charge is 0.188 e. The third kappa shape index (κ3) is 3.81. The highest BCUT2D eigenvalue weighted by Gasteiger charge is 2.48. The first-order chi connectivity index (χ1) is 22.3. The van der Waals surface area contributed by atoms with Crippen molar-refractivity contribution in [3.8, 4) is 28.3 Å². The van der Waals surface area contributed by atoms with Crippen LogP contribution in [0.15, 0.2) is 176 Å². The Balaban J connectivity index is 1.46. The normalized spacial score (nSPS) is 13.2. The highest BCUT2D eigenvalue weighted by atomic mass is 28.3. The number of ether oxygens (including phenoxy) is 1. The second kappa shape index (κ2) is 10.2. The molecule has 0 radical (unpaired) electrons. The summed E-state index contributed by atoms with van der Waals surface area (Å²) in [7, 11) is -2.76. The van der Waals surface area contributed by atoms with E-state index in [1.54, 1.807) is 0 Å². The monoisotopic (exact) mass is 591 g/mol. The predicted octanol–water partition coefficient (Wildman–Crippen LogP) is 7.93. The molecule has 0 amide bonds. The molecule has 0 atom stereocenters. The second-order valence-electron chi connectivity index (χ2n) is 11.7. The van der Waals surface area contributed by atoms with Gasteiger partial charge in [-0.1, -0.05) is 140 Å². The van der Waals surface area contributed by atoms with Crippen molar-refractivity contribution in [2.24, 2.45) is 0 Å². The van der Waals surface area contributed by atoms with Gasteiger partial charge < -0.3 is 9.30 Å². The molecule has 2 nitrogen and oxygen atoms in total. The molecular weight excluding hydrogens is 563 g/mol. The lowest BCUT2D eigenvalue weighted by atomic mass is 10.0. The molecule has 3 heteroatoms. The molecule has 2 heterocycles. The average Bonchev–Trinajstić information content (AvgIpc) is 3.46. The number of hydrogen-bond acceptors (Lipinski definition) is 1. The molecule has 45 heavy (non-hydrogen) atoms. The number of rotatable bonds is 4. The summed E-state index contributed by atoms with van der Waals surface area (Å²) in [5.74, 6) is 1.91. The molecule has 9 rings (SSSR count). The molecule has 0 spiro atoms. The fourth-order valence-electron chi connectivity index (χ4n) is 7.43. The minimum absolute atomic E-state index is 0.941. The Kier molecular flexibility index (Phi) is 5.87. The molecule has 1 aliphatic rings. The maximum atomic E-state index is 7.11. The van der Waals surface area contributed by atoms with Crippen molar-refractivity contribution in [1.29, 1.82) is 0 Å². The second-order valence-corrected chi connectivity index (χ2v) is 15.4. The summed E-state index contributed by atoms with van der Waals surface area (Å²) in [5.41, 5.74) is 5.84. The van der Waals surface area contributed by atoms with Crippen LogP contribution in [0.4, 0.5) is 0 Å². The molecule has 0 N–H and O–H groups in total. The van der Waals surface area contributed by atoms with Gasteiger partial charge in [0.15, 0.2) is 8.07 Å². The zero-order valence-corrected chi connectivity index (χ0v) is 25.6. The van der Waals surface area contributed by atoms with Gasteiger partial charge in [-0.15, -0.1) is 0 Å². The van der Waals surface area contributed by atoms with Crippen LogP contribution in [0.5, 0.6) is 11.5 Å². The number of nitrogens with zero attached hydrogens (tertiary/aromatic N) is 1. The molecular formula is C42H29NOSi. The van der Waals surface area contributed by atoms with Crippen LogP contribution in [-0.4, -0.2) is 12.6 Å². The molecule has 0 unspecified atom stereocenters. The van der Waals surface area contributed by atoms with E-state index in [-0.39, 0.29) is 0 Å². The average molecular weight is 592 g/mol. The fourth-order valence-corrected chi connectivity index (χ4v) is 12.4. The number of benzene rings is 7.